The molecule has 1 aliphatic heterocycles. The van der Waals surface area contributed by atoms with Crippen LogP contribution in [0.5, 0.6) is 5.75 Å². The minimum absolute atomic E-state index is 0.110. The van der Waals surface area contributed by atoms with Crippen molar-refractivity contribution in [2.24, 2.45) is 0 Å². The SMILES string of the molecule is CCC1(c2ccc(NC(=O)c3ccc(OC)c(S(=O)(=O)N(C)C)c3)cc2)CCC(=O)NC1=O. The van der Waals surface area contributed by atoms with Gasteiger partial charge in [0.1, 0.15) is 10.6 Å². The molecule has 3 rings (SSSR count). The number of ether oxygens (including phenoxy) is 1. The molecule has 0 bridgehead atoms. The van der Waals surface area contributed by atoms with Gasteiger partial charge in [0, 0.05) is 31.8 Å². The van der Waals surface area contributed by atoms with Crippen molar-refractivity contribution in [2.75, 3.05) is 26.5 Å². The molecule has 0 radical (unpaired) electrons. The minimum atomic E-state index is -3.82. The summed E-state index contributed by atoms with van der Waals surface area (Å²) in [7, 11) is 0.334. The van der Waals surface area contributed by atoms with Crippen LogP contribution in [0, 0.1) is 0 Å². The minimum Gasteiger partial charge on any atom is -0.495 e. The lowest BCUT2D eigenvalue weighted by molar-refractivity contribution is -0.138. The van der Waals surface area contributed by atoms with E-state index < -0.39 is 21.3 Å². The highest BCUT2D eigenvalue weighted by Gasteiger charge is 2.42. The molecule has 10 heteroatoms. The number of methoxy groups -OCH3 is 1. The van der Waals surface area contributed by atoms with Crippen LogP contribution in [0.1, 0.15) is 42.1 Å². The molecule has 2 aromatic carbocycles. The number of hydrogen-bond donors (Lipinski definition) is 2. The van der Waals surface area contributed by atoms with Crippen molar-refractivity contribution in [2.45, 2.75) is 36.5 Å². The Morgan fingerprint density at radius 2 is 1.82 bits per heavy atom. The fourth-order valence-electron chi connectivity index (χ4n) is 3.86. The zero-order valence-electron chi connectivity index (χ0n) is 19.0. The molecule has 2 N–H and O–H groups in total. The summed E-state index contributed by atoms with van der Waals surface area (Å²) in [6.45, 7) is 1.90. The van der Waals surface area contributed by atoms with Crippen molar-refractivity contribution in [3.63, 3.8) is 0 Å². The highest BCUT2D eigenvalue weighted by atomic mass is 32.2. The van der Waals surface area contributed by atoms with Crippen molar-refractivity contribution in [1.29, 1.82) is 0 Å². The Labute approximate surface area is 193 Å². The second-order valence-electron chi connectivity index (χ2n) is 8.00. The second kappa shape index (κ2) is 9.32. The van der Waals surface area contributed by atoms with Gasteiger partial charge < -0.3 is 10.1 Å². The summed E-state index contributed by atoms with van der Waals surface area (Å²) in [5, 5.41) is 5.15. The van der Waals surface area contributed by atoms with Gasteiger partial charge >= 0.3 is 0 Å². The average Bonchev–Trinajstić information content (AvgIpc) is 2.79. The zero-order chi connectivity index (χ0) is 24.4. The van der Waals surface area contributed by atoms with Crippen molar-refractivity contribution < 1.29 is 27.5 Å². The second-order valence-corrected chi connectivity index (χ2v) is 10.1. The van der Waals surface area contributed by atoms with E-state index in [0.717, 1.165) is 9.87 Å². The van der Waals surface area contributed by atoms with Crippen LogP contribution in [0.15, 0.2) is 47.4 Å². The standard InChI is InChI=1S/C23H27N3O6S/c1-5-23(13-12-20(27)25-22(23)29)16-7-9-17(10-8-16)24-21(28)15-6-11-18(32-4)19(14-15)33(30,31)26(2)3/h6-11,14H,5,12-13H2,1-4H3,(H,24,28)(H,25,27,29). The number of carbonyl (C=O) groups is 3. The highest BCUT2D eigenvalue weighted by molar-refractivity contribution is 7.89. The van der Waals surface area contributed by atoms with E-state index in [4.69, 9.17) is 4.74 Å². The van der Waals surface area contributed by atoms with Gasteiger partial charge in [-0.05, 0) is 48.7 Å². The fraction of sp³-hybridized carbons (Fsp3) is 0.348. The van der Waals surface area contributed by atoms with Crippen molar-refractivity contribution >= 4 is 33.4 Å². The van der Waals surface area contributed by atoms with E-state index in [1.807, 2.05) is 6.92 Å². The summed E-state index contributed by atoms with van der Waals surface area (Å²) in [4.78, 5) is 36.8. The maximum Gasteiger partial charge on any atom is 0.255 e. The Balaban J connectivity index is 1.84. The Hall–Kier alpha value is -3.24. The molecule has 3 amide bonds. The average molecular weight is 474 g/mol. The first-order valence-corrected chi connectivity index (χ1v) is 11.9. The normalized spacial score (nSPS) is 18.7. The van der Waals surface area contributed by atoms with Crippen molar-refractivity contribution in [1.82, 2.24) is 9.62 Å². The van der Waals surface area contributed by atoms with Gasteiger partial charge in [-0.3, -0.25) is 19.7 Å². The molecular formula is C23H27N3O6S. The van der Waals surface area contributed by atoms with E-state index in [0.29, 0.717) is 18.5 Å². The van der Waals surface area contributed by atoms with Gasteiger partial charge in [-0.1, -0.05) is 19.1 Å². The van der Waals surface area contributed by atoms with E-state index in [1.54, 1.807) is 24.3 Å². The Morgan fingerprint density at radius 1 is 1.15 bits per heavy atom. The molecule has 1 atom stereocenters. The van der Waals surface area contributed by atoms with Crippen molar-refractivity contribution in [3.05, 3.63) is 53.6 Å². The molecule has 9 nitrogen and oxygen atoms in total. The number of sulfonamides is 1. The van der Waals surface area contributed by atoms with Crippen LogP contribution in [0.3, 0.4) is 0 Å². The molecule has 1 saturated heterocycles. The van der Waals surface area contributed by atoms with Crippen LogP contribution in [0.2, 0.25) is 0 Å². The summed E-state index contributed by atoms with van der Waals surface area (Å²) < 4.78 is 31.4. The van der Waals surface area contributed by atoms with E-state index >= 15 is 0 Å². The first kappa shape index (κ1) is 24.4. The number of amides is 3. The molecule has 2 aromatic rings. The third-order valence-corrected chi connectivity index (χ3v) is 7.79. The van der Waals surface area contributed by atoms with E-state index in [1.165, 1.54) is 39.4 Å². The highest BCUT2D eigenvalue weighted by Crippen LogP contribution is 2.36. The maximum absolute atomic E-state index is 12.8. The monoisotopic (exact) mass is 473 g/mol. The molecular weight excluding hydrogens is 446 g/mol. The number of imide groups is 1. The number of nitrogens with one attached hydrogen (secondary N) is 2. The predicted octanol–water partition coefficient (Wildman–Crippen LogP) is 2.28. The van der Waals surface area contributed by atoms with Gasteiger partial charge in [0.15, 0.2) is 0 Å². The van der Waals surface area contributed by atoms with Crippen LogP contribution >= 0.6 is 0 Å². The number of hydrogen-bond acceptors (Lipinski definition) is 6. The van der Waals surface area contributed by atoms with Crippen LogP contribution < -0.4 is 15.4 Å². The number of benzene rings is 2. The van der Waals surface area contributed by atoms with Gasteiger partial charge in [-0.25, -0.2) is 12.7 Å². The quantitative estimate of drug-likeness (QED) is 0.595. The van der Waals surface area contributed by atoms with E-state index in [9.17, 15) is 22.8 Å². The number of nitrogens with zero attached hydrogens (tertiary/aromatic N) is 1. The molecule has 1 aliphatic rings. The third-order valence-electron chi connectivity index (χ3n) is 5.95. The van der Waals surface area contributed by atoms with Crippen molar-refractivity contribution in [3.8, 4) is 5.75 Å². The van der Waals surface area contributed by atoms with Crippen LogP contribution in [0.4, 0.5) is 5.69 Å². The summed E-state index contributed by atoms with van der Waals surface area (Å²) in [5.74, 6) is -0.945. The van der Waals surface area contributed by atoms with Gasteiger partial charge in [0.25, 0.3) is 5.91 Å². The third kappa shape index (κ3) is 4.62. The van der Waals surface area contributed by atoms with Gasteiger partial charge in [0.05, 0.1) is 12.5 Å². The van der Waals surface area contributed by atoms with Gasteiger partial charge in [-0.15, -0.1) is 0 Å². The molecule has 1 heterocycles. The molecule has 33 heavy (non-hydrogen) atoms. The topological polar surface area (TPSA) is 122 Å². The first-order chi connectivity index (χ1) is 15.5. The summed E-state index contributed by atoms with van der Waals surface area (Å²) in [6, 6.07) is 11.0. The predicted molar refractivity (Wildman–Crippen MR) is 123 cm³/mol. The lowest BCUT2D eigenvalue weighted by atomic mass is 9.72. The number of carbonyl (C=O) groups excluding carboxylic acids is 3. The van der Waals surface area contributed by atoms with Crippen LogP contribution in [-0.2, 0) is 25.0 Å². The zero-order valence-corrected chi connectivity index (χ0v) is 19.8. The Kier molecular flexibility index (Phi) is 6.89. The number of piperidine rings is 1. The molecule has 0 aromatic heterocycles. The molecule has 0 aliphatic carbocycles. The molecule has 176 valence electrons. The summed E-state index contributed by atoms with van der Waals surface area (Å²) >= 11 is 0. The van der Waals surface area contributed by atoms with Gasteiger partial charge in [0.2, 0.25) is 21.8 Å². The number of anilines is 1. The Morgan fingerprint density at radius 3 is 2.36 bits per heavy atom. The Bertz CT molecular complexity index is 1190. The number of rotatable bonds is 7. The molecule has 1 unspecified atom stereocenters. The smallest absolute Gasteiger partial charge is 0.255 e. The first-order valence-electron chi connectivity index (χ1n) is 10.4. The van der Waals surface area contributed by atoms with E-state index in [2.05, 4.69) is 10.6 Å². The lowest BCUT2D eigenvalue weighted by Crippen LogP contribution is -2.51. The van der Waals surface area contributed by atoms with Gasteiger partial charge in [-0.2, -0.15) is 0 Å². The lowest BCUT2D eigenvalue weighted by Gasteiger charge is -2.35. The van der Waals surface area contributed by atoms with E-state index in [-0.39, 0.29) is 34.4 Å². The molecule has 0 saturated carbocycles. The molecule has 0 spiro atoms. The maximum atomic E-state index is 12.8. The fourth-order valence-corrected chi connectivity index (χ4v) is 4.93. The summed E-state index contributed by atoms with van der Waals surface area (Å²) in [6.07, 6.45) is 1.23. The van der Waals surface area contributed by atoms with Crippen LogP contribution in [0.25, 0.3) is 0 Å². The van der Waals surface area contributed by atoms with Crippen LogP contribution in [-0.4, -0.2) is 51.6 Å². The largest absolute Gasteiger partial charge is 0.495 e. The summed E-state index contributed by atoms with van der Waals surface area (Å²) in [5.41, 5.74) is 0.601. The molecule has 1 fully saturated rings.